The number of thiazole rings is 1. The molecule has 1 aliphatic rings. The topological polar surface area (TPSA) is 109 Å². The lowest BCUT2D eigenvalue weighted by Gasteiger charge is -2.25. The number of rotatable bonds is 8. The molecule has 0 saturated heterocycles. The Kier molecular flexibility index (Phi) is 8.29. The molecule has 41 heavy (non-hydrogen) atoms. The van der Waals surface area contributed by atoms with Crippen LogP contribution in [0.3, 0.4) is 0 Å². The second kappa shape index (κ2) is 12.0. The molecule has 0 unspecified atom stereocenters. The first kappa shape index (κ1) is 28.2. The molecule has 0 amide bonds. The summed E-state index contributed by atoms with van der Waals surface area (Å²) in [6, 6.07) is 12.7. The smallest absolute Gasteiger partial charge is 0.379 e. The molecular formula is C29H22ClFN2O7S. The van der Waals surface area contributed by atoms with Crippen LogP contribution in [-0.4, -0.2) is 36.8 Å². The second-order valence-corrected chi connectivity index (χ2v) is 10.2. The van der Waals surface area contributed by atoms with Crippen LogP contribution >= 0.6 is 22.9 Å². The van der Waals surface area contributed by atoms with Crippen molar-refractivity contribution in [3.63, 3.8) is 0 Å². The number of esters is 2. The zero-order chi connectivity index (χ0) is 29.1. The van der Waals surface area contributed by atoms with Gasteiger partial charge in [0.1, 0.15) is 18.2 Å². The average molecular weight is 597 g/mol. The van der Waals surface area contributed by atoms with Gasteiger partial charge >= 0.3 is 11.9 Å². The fourth-order valence-corrected chi connectivity index (χ4v) is 5.49. The maximum atomic E-state index is 14.5. The van der Waals surface area contributed by atoms with Crippen LogP contribution in [0.15, 0.2) is 86.3 Å². The second-order valence-electron chi connectivity index (χ2n) is 8.78. The predicted octanol–water partition coefficient (Wildman–Crippen LogP) is 4.03. The third kappa shape index (κ3) is 5.78. The van der Waals surface area contributed by atoms with Gasteiger partial charge in [0.25, 0.3) is 5.56 Å². The lowest BCUT2D eigenvalue weighted by molar-refractivity contribution is -0.140. The molecule has 0 fully saturated rings. The zero-order valence-corrected chi connectivity index (χ0v) is 23.3. The number of ether oxygens (including phenoxy) is 3. The van der Waals surface area contributed by atoms with E-state index in [0.717, 1.165) is 11.3 Å². The van der Waals surface area contributed by atoms with E-state index in [-0.39, 0.29) is 45.4 Å². The van der Waals surface area contributed by atoms with Gasteiger partial charge in [-0.25, -0.2) is 19.0 Å². The number of halogens is 2. The van der Waals surface area contributed by atoms with Crippen LogP contribution in [0.5, 0.6) is 5.75 Å². The van der Waals surface area contributed by atoms with Gasteiger partial charge in [-0.05, 0) is 55.0 Å². The molecule has 5 rings (SSSR count). The summed E-state index contributed by atoms with van der Waals surface area (Å²) in [5.41, 5.74) is 0.578. The molecule has 0 spiro atoms. The summed E-state index contributed by atoms with van der Waals surface area (Å²) in [6.45, 7) is 1.82. The lowest BCUT2D eigenvalue weighted by Crippen LogP contribution is -2.40. The molecule has 0 saturated carbocycles. The van der Waals surface area contributed by atoms with Crippen LogP contribution < -0.4 is 19.6 Å². The SMILES string of the molecule is COCCOC(=O)C1=C(C)N=c2s/c(=C/c3c(F)cccc3Cl)c(=O)n2[C@H]1c1ccc(OC(=O)c2ccco2)cc1. The standard InChI is InChI=1S/C29H22ClFN2O7S/c1-16-24(28(36)39-14-13-37-2)25(17-8-10-18(11-9-17)40-27(35)22-7-4-12-38-22)33-26(34)23(41-29(33)32-16)15-19-20(30)5-3-6-21(19)31/h3-12,15,25H,13-14H2,1-2H3/b23-15+/t25-/m0/s1. The number of methoxy groups -OCH3 is 1. The Morgan fingerprint density at radius 1 is 1.12 bits per heavy atom. The maximum Gasteiger partial charge on any atom is 0.379 e. The summed E-state index contributed by atoms with van der Waals surface area (Å²) >= 11 is 7.23. The molecule has 210 valence electrons. The van der Waals surface area contributed by atoms with Crippen molar-refractivity contribution in [3.8, 4) is 5.75 Å². The summed E-state index contributed by atoms with van der Waals surface area (Å²) < 4.78 is 36.9. The molecular weight excluding hydrogens is 575 g/mol. The van der Waals surface area contributed by atoms with E-state index in [0.29, 0.717) is 16.1 Å². The van der Waals surface area contributed by atoms with Crippen molar-refractivity contribution >= 4 is 41.0 Å². The van der Waals surface area contributed by atoms with Crippen LogP contribution in [0, 0.1) is 5.82 Å². The highest BCUT2D eigenvalue weighted by atomic mass is 35.5. The summed E-state index contributed by atoms with van der Waals surface area (Å²) in [6.07, 6.45) is 2.73. The van der Waals surface area contributed by atoms with Gasteiger partial charge in [-0.2, -0.15) is 0 Å². The van der Waals surface area contributed by atoms with Gasteiger partial charge < -0.3 is 18.6 Å². The normalized spacial score (nSPS) is 14.9. The molecule has 0 aliphatic carbocycles. The van der Waals surface area contributed by atoms with Gasteiger partial charge in [0.05, 0.1) is 39.7 Å². The zero-order valence-electron chi connectivity index (χ0n) is 21.8. The van der Waals surface area contributed by atoms with Crippen LogP contribution in [-0.2, 0) is 14.3 Å². The van der Waals surface area contributed by atoms with E-state index >= 15 is 0 Å². The van der Waals surface area contributed by atoms with Crippen molar-refractivity contribution in [3.05, 3.63) is 120 Å². The summed E-state index contributed by atoms with van der Waals surface area (Å²) in [5.74, 6) is -1.68. The van der Waals surface area contributed by atoms with E-state index in [2.05, 4.69) is 4.99 Å². The van der Waals surface area contributed by atoms with E-state index in [4.69, 9.17) is 30.2 Å². The van der Waals surface area contributed by atoms with Gasteiger partial charge in [0.15, 0.2) is 4.80 Å². The quantitative estimate of drug-likeness (QED) is 0.172. The first-order valence-electron chi connectivity index (χ1n) is 12.3. The number of aromatic nitrogens is 1. The minimum Gasteiger partial charge on any atom is -0.460 e. The number of benzene rings is 2. The molecule has 4 aromatic rings. The van der Waals surface area contributed by atoms with Crippen LogP contribution in [0.2, 0.25) is 5.02 Å². The fraction of sp³-hybridized carbons (Fsp3) is 0.172. The summed E-state index contributed by atoms with van der Waals surface area (Å²) in [5, 5.41) is 0.144. The Morgan fingerprint density at radius 2 is 1.90 bits per heavy atom. The van der Waals surface area contributed by atoms with E-state index < -0.39 is 29.4 Å². The molecule has 3 heterocycles. The highest BCUT2D eigenvalue weighted by Crippen LogP contribution is 2.32. The fourth-order valence-electron chi connectivity index (χ4n) is 4.24. The van der Waals surface area contributed by atoms with Crippen molar-refractivity contribution in [1.82, 2.24) is 4.57 Å². The molecule has 9 nitrogen and oxygen atoms in total. The Bertz CT molecular complexity index is 1810. The monoisotopic (exact) mass is 596 g/mol. The van der Waals surface area contributed by atoms with Crippen LogP contribution in [0.4, 0.5) is 4.39 Å². The van der Waals surface area contributed by atoms with Crippen LogP contribution in [0.25, 0.3) is 6.08 Å². The Balaban J connectivity index is 1.59. The van der Waals surface area contributed by atoms with Crippen molar-refractivity contribution < 1.29 is 32.6 Å². The number of nitrogens with zero attached hydrogens (tertiary/aromatic N) is 2. The number of furan rings is 1. The highest BCUT2D eigenvalue weighted by molar-refractivity contribution is 7.07. The lowest BCUT2D eigenvalue weighted by atomic mass is 9.96. The van der Waals surface area contributed by atoms with Gasteiger partial charge in [-0.1, -0.05) is 41.1 Å². The number of carbonyl (C=O) groups excluding carboxylic acids is 2. The summed E-state index contributed by atoms with van der Waals surface area (Å²) in [4.78, 5) is 44.1. The Labute approximate surface area is 241 Å². The van der Waals surface area contributed by atoms with E-state index in [1.165, 1.54) is 60.4 Å². The number of hydrogen-bond donors (Lipinski definition) is 0. The molecule has 1 aliphatic heterocycles. The highest BCUT2D eigenvalue weighted by Gasteiger charge is 2.33. The minimum atomic E-state index is -0.936. The first-order chi connectivity index (χ1) is 19.8. The van der Waals surface area contributed by atoms with Crippen molar-refractivity contribution in [1.29, 1.82) is 0 Å². The largest absolute Gasteiger partial charge is 0.460 e. The first-order valence-corrected chi connectivity index (χ1v) is 13.5. The minimum absolute atomic E-state index is 0.00327. The summed E-state index contributed by atoms with van der Waals surface area (Å²) in [7, 11) is 1.48. The van der Waals surface area contributed by atoms with Crippen LogP contribution in [0.1, 0.15) is 34.6 Å². The van der Waals surface area contributed by atoms with E-state index in [1.54, 1.807) is 25.1 Å². The third-order valence-corrected chi connectivity index (χ3v) is 7.48. The molecule has 0 radical (unpaired) electrons. The Morgan fingerprint density at radius 3 is 2.59 bits per heavy atom. The molecule has 2 aromatic carbocycles. The average Bonchev–Trinajstić information content (AvgIpc) is 3.59. The van der Waals surface area contributed by atoms with E-state index in [1.807, 2.05) is 0 Å². The van der Waals surface area contributed by atoms with Gasteiger partial charge in [-0.15, -0.1) is 0 Å². The Hall–Kier alpha value is -4.32. The van der Waals surface area contributed by atoms with Crippen molar-refractivity contribution in [2.75, 3.05) is 20.3 Å². The van der Waals surface area contributed by atoms with Gasteiger partial charge in [-0.3, -0.25) is 9.36 Å². The number of hydrogen-bond acceptors (Lipinski definition) is 9. The van der Waals surface area contributed by atoms with Gasteiger partial charge in [0.2, 0.25) is 5.76 Å². The molecule has 2 aromatic heterocycles. The number of allylic oxidation sites excluding steroid dienone is 1. The van der Waals surface area contributed by atoms with Gasteiger partial charge in [0, 0.05) is 12.7 Å². The maximum absolute atomic E-state index is 14.5. The molecule has 1 atom stereocenters. The van der Waals surface area contributed by atoms with Crippen molar-refractivity contribution in [2.24, 2.45) is 4.99 Å². The van der Waals surface area contributed by atoms with Crippen molar-refractivity contribution in [2.45, 2.75) is 13.0 Å². The number of fused-ring (bicyclic) bond motifs is 1. The molecule has 12 heteroatoms. The molecule has 0 N–H and O–H groups in total. The van der Waals surface area contributed by atoms with E-state index in [9.17, 15) is 18.8 Å². The number of carbonyl (C=O) groups is 2. The third-order valence-electron chi connectivity index (χ3n) is 6.17. The predicted molar refractivity (Wildman–Crippen MR) is 148 cm³/mol. The molecule has 0 bridgehead atoms.